The maximum absolute atomic E-state index is 12.4. The molecule has 0 atom stereocenters. The van der Waals surface area contributed by atoms with Gasteiger partial charge in [-0.2, -0.15) is 9.40 Å². The second-order valence-corrected chi connectivity index (χ2v) is 7.17. The maximum atomic E-state index is 12.4. The fraction of sp³-hybridized carbons (Fsp3) is 0.667. The van der Waals surface area contributed by atoms with Crippen molar-refractivity contribution in [1.29, 1.82) is 0 Å². The van der Waals surface area contributed by atoms with Crippen LogP contribution in [0.25, 0.3) is 0 Å². The monoisotopic (exact) mass is 300 g/mol. The second kappa shape index (κ2) is 5.53. The van der Waals surface area contributed by atoms with Gasteiger partial charge in [-0.15, -0.1) is 0 Å². The van der Waals surface area contributed by atoms with Gasteiger partial charge in [0.1, 0.15) is 4.90 Å². The molecule has 1 aliphatic heterocycles. The lowest BCUT2D eigenvalue weighted by molar-refractivity contribution is -0.135. The maximum Gasteiger partial charge on any atom is 0.246 e. The van der Waals surface area contributed by atoms with Gasteiger partial charge < -0.3 is 4.90 Å². The molecule has 1 aromatic rings. The van der Waals surface area contributed by atoms with Gasteiger partial charge >= 0.3 is 0 Å². The van der Waals surface area contributed by atoms with Crippen molar-refractivity contribution >= 4 is 15.9 Å². The lowest BCUT2D eigenvalue weighted by Gasteiger charge is -2.34. The van der Waals surface area contributed by atoms with E-state index in [1.807, 2.05) is 13.8 Å². The average Bonchev–Trinajstić information content (AvgIpc) is 2.85. The molecule has 0 spiro atoms. The van der Waals surface area contributed by atoms with Crippen LogP contribution in [-0.2, 0) is 21.9 Å². The van der Waals surface area contributed by atoms with Gasteiger partial charge in [0, 0.05) is 45.3 Å². The Morgan fingerprint density at radius 1 is 1.25 bits per heavy atom. The van der Waals surface area contributed by atoms with Crippen LogP contribution < -0.4 is 0 Å². The van der Waals surface area contributed by atoms with E-state index in [4.69, 9.17) is 0 Å². The molecule has 0 N–H and O–H groups in total. The largest absolute Gasteiger partial charge is 0.340 e. The fourth-order valence-corrected chi connectivity index (χ4v) is 3.60. The number of hydrogen-bond acceptors (Lipinski definition) is 4. The number of amides is 1. The molecule has 0 unspecified atom stereocenters. The van der Waals surface area contributed by atoms with Crippen molar-refractivity contribution in [3.63, 3.8) is 0 Å². The van der Waals surface area contributed by atoms with Crippen LogP contribution in [0, 0.1) is 5.92 Å². The highest BCUT2D eigenvalue weighted by Crippen LogP contribution is 2.17. The molecule has 0 bridgehead atoms. The van der Waals surface area contributed by atoms with Crippen molar-refractivity contribution < 1.29 is 13.2 Å². The van der Waals surface area contributed by atoms with Gasteiger partial charge in [-0.3, -0.25) is 9.48 Å². The van der Waals surface area contributed by atoms with Crippen LogP contribution in [0.4, 0.5) is 0 Å². The Morgan fingerprint density at radius 2 is 1.85 bits per heavy atom. The molecule has 20 heavy (non-hydrogen) atoms. The number of sulfonamides is 1. The van der Waals surface area contributed by atoms with Crippen molar-refractivity contribution in [2.45, 2.75) is 18.7 Å². The normalized spacial score (nSPS) is 17.7. The molecule has 1 aromatic heterocycles. The lowest BCUT2D eigenvalue weighted by Crippen LogP contribution is -2.51. The van der Waals surface area contributed by atoms with Crippen LogP contribution in [0.1, 0.15) is 13.8 Å². The van der Waals surface area contributed by atoms with Gasteiger partial charge in [0.2, 0.25) is 15.9 Å². The summed E-state index contributed by atoms with van der Waals surface area (Å²) in [4.78, 5) is 13.8. The first-order valence-corrected chi connectivity index (χ1v) is 8.04. The lowest BCUT2D eigenvalue weighted by atomic mass is 10.2. The van der Waals surface area contributed by atoms with E-state index < -0.39 is 10.0 Å². The van der Waals surface area contributed by atoms with Gasteiger partial charge in [0.25, 0.3) is 0 Å². The summed E-state index contributed by atoms with van der Waals surface area (Å²) in [5.74, 6) is 0.0138. The number of aromatic nitrogens is 2. The topological polar surface area (TPSA) is 75.5 Å². The van der Waals surface area contributed by atoms with Gasteiger partial charge in [-0.05, 0) is 0 Å². The quantitative estimate of drug-likeness (QED) is 0.782. The van der Waals surface area contributed by atoms with E-state index in [2.05, 4.69) is 5.10 Å². The molecule has 0 aromatic carbocycles. The number of piperazine rings is 1. The van der Waals surface area contributed by atoms with Gasteiger partial charge in [-0.25, -0.2) is 8.42 Å². The molecular formula is C12H20N4O3S. The minimum Gasteiger partial charge on any atom is -0.340 e. The number of nitrogens with zero attached hydrogens (tertiary/aromatic N) is 4. The van der Waals surface area contributed by atoms with E-state index in [1.165, 1.54) is 21.4 Å². The molecule has 1 saturated heterocycles. The Labute approximate surface area is 119 Å². The van der Waals surface area contributed by atoms with E-state index in [-0.39, 0.29) is 16.7 Å². The summed E-state index contributed by atoms with van der Waals surface area (Å²) in [6.45, 7) is 5.24. The van der Waals surface area contributed by atoms with Crippen molar-refractivity contribution in [1.82, 2.24) is 19.0 Å². The minimum atomic E-state index is -3.50. The number of carbonyl (C=O) groups is 1. The predicted octanol–water partition coefficient (Wildman–Crippen LogP) is -0.0910. The summed E-state index contributed by atoms with van der Waals surface area (Å²) >= 11 is 0. The molecule has 112 valence electrons. The van der Waals surface area contributed by atoms with Crippen molar-refractivity contribution in [2.24, 2.45) is 13.0 Å². The average molecular weight is 300 g/mol. The molecule has 0 aliphatic carbocycles. The first kappa shape index (κ1) is 15.0. The van der Waals surface area contributed by atoms with Gasteiger partial charge in [-0.1, -0.05) is 13.8 Å². The number of rotatable bonds is 3. The number of carbonyl (C=O) groups excluding carboxylic acids is 1. The first-order valence-electron chi connectivity index (χ1n) is 6.60. The molecule has 7 nitrogen and oxygen atoms in total. The molecule has 0 radical (unpaired) electrons. The van der Waals surface area contributed by atoms with Crippen LogP contribution in [0.2, 0.25) is 0 Å². The van der Waals surface area contributed by atoms with Crippen molar-refractivity contribution in [3.05, 3.63) is 12.4 Å². The Bertz CT molecular complexity index is 586. The molecule has 1 amide bonds. The summed E-state index contributed by atoms with van der Waals surface area (Å²) in [6.07, 6.45) is 2.84. The Kier molecular flexibility index (Phi) is 4.14. The first-order chi connectivity index (χ1) is 9.32. The van der Waals surface area contributed by atoms with Gasteiger partial charge in [0.05, 0.1) is 6.20 Å². The molecule has 2 rings (SSSR count). The standard InChI is InChI=1S/C12H20N4O3S/c1-10(2)12(17)15-4-6-16(7-5-15)20(18,19)11-8-13-14(3)9-11/h8-10H,4-7H2,1-3H3. The van der Waals surface area contributed by atoms with Crippen LogP contribution in [-0.4, -0.2) is 59.5 Å². The Balaban J connectivity index is 2.05. The SMILES string of the molecule is CC(C)C(=O)N1CCN(S(=O)(=O)c2cnn(C)c2)CC1. The van der Waals surface area contributed by atoms with Crippen LogP contribution in [0.3, 0.4) is 0 Å². The van der Waals surface area contributed by atoms with E-state index in [0.717, 1.165) is 0 Å². The fourth-order valence-electron chi connectivity index (χ4n) is 2.20. The minimum absolute atomic E-state index is 0.0588. The Morgan fingerprint density at radius 3 is 2.30 bits per heavy atom. The zero-order chi connectivity index (χ0) is 14.9. The smallest absolute Gasteiger partial charge is 0.246 e. The summed E-state index contributed by atoms with van der Waals surface area (Å²) < 4.78 is 27.6. The third-order valence-corrected chi connectivity index (χ3v) is 5.21. The number of aryl methyl sites for hydroxylation is 1. The molecule has 0 saturated carbocycles. The van der Waals surface area contributed by atoms with Crippen molar-refractivity contribution in [2.75, 3.05) is 26.2 Å². The highest BCUT2D eigenvalue weighted by molar-refractivity contribution is 7.89. The molecule has 1 aliphatic rings. The van der Waals surface area contributed by atoms with E-state index >= 15 is 0 Å². The van der Waals surface area contributed by atoms with E-state index in [1.54, 1.807) is 11.9 Å². The Hall–Kier alpha value is -1.41. The van der Waals surface area contributed by atoms with E-state index in [0.29, 0.717) is 26.2 Å². The van der Waals surface area contributed by atoms with E-state index in [9.17, 15) is 13.2 Å². The molecular weight excluding hydrogens is 280 g/mol. The highest BCUT2D eigenvalue weighted by Gasteiger charge is 2.31. The van der Waals surface area contributed by atoms with Crippen LogP contribution >= 0.6 is 0 Å². The summed E-state index contributed by atoms with van der Waals surface area (Å²) in [5.41, 5.74) is 0. The second-order valence-electron chi connectivity index (χ2n) is 5.23. The zero-order valence-electron chi connectivity index (χ0n) is 12.0. The summed E-state index contributed by atoms with van der Waals surface area (Å²) in [7, 11) is -1.82. The molecule has 8 heteroatoms. The van der Waals surface area contributed by atoms with Crippen molar-refractivity contribution in [3.8, 4) is 0 Å². The highest BCUT2D eigenvalue weighted by atomic mass is 32.2. The van der Waals surface area contributed by atoms with Crippen LogP contribution in [0.15, 0.2) is 17.3 Å². The molecule has 1 fully saturated rings. The number of hydrogen-bond donors (Lipinski definition) is 0. The van der Waals surface area contributed by atoms with Crippen LogP contribution in [0.5, 0.6) is 0 Å². The molecule has 2 heterocycles. The zero-order valence-corrected chi connectivity index (χ0v) is 12.8. The summed E-state index contributed by atoms with van der Waals surface area (Å²) in [5, 5.41) is 3.89. The summed E-state index contributed by atoms with van der Waals surface area (Å²) in [6, 6.07) is 0. The van der Waals surface area contributed by atoms with Gasteiger partial charge in [0.15, 0.2) is 0 Å². The predicted molar refractivity (Wildman–Crippen MR) is 73.4 cm³/mol. The third-order valence-electron chi connectivity index (χ3n) is 3.36. The third kappa shape index (κ3) is 2.85.